The topological polar surface area (TPSA) is 66.5 Å². The van der Waals surface area contributed by atoms with Crippen molar-refractivity contribution in [2.75, 3.05) is 6.54 Å². The average molecular weight is 365 g/mol. The normalized spacial score (nSPS) is 24.2. The van der Waals surface area contributed by atoms with Gasteiger partial charge in [-0.05, 0) is 30.0 Å². The highest BCUT2D eigenvalue weighted by Gasteiger charge is 2.36. The Hall–Kier alpha value is -1.53. The monoisotopic (exact) mass is 364 g/mol. The number of fused-ring (bicyclic) bond motifs is 1. The van der Waals surface area contributed by atoms with E-state index in [1.165, 1.54) is 0 Å². The van der Waals surface area contributed by atoms with Crippen molar-refractivity contribution in [1.29, 1.82) is 0 Å². The van der Waals surface area contributed by atoms with E-state index in [1.54, 1.807) is 0 Å². The molecule has 1 aromatic rings. The first-order valence-electron chi connectivity index (χ1n) is 7.35. The number of carbonyl (C=O) groups excluding carboxylic acids is 3. The zero-order chi connectivity index (χ0) is 15.7. The van der Waals surface area contributed by atoms with Gasteiger partial charge in [-0.3, -0.25) is 14.4 Å². The number of halogens is 1. The SMILES string of the molecule is O=CC(=O)C1CCC(N2Cc3c(CBr)cccc3C2=O)CN1. The molecule has 2 heterocycles. The van der Waals surface area contributed by atoms with Crippen LogP contribution in [0.3, 0.4) is 0 Å². The van der Waals surface area contributed by atoms with Gasteiger partial charge in [-0.25, -0.2) is 0 Å². The molecule has 2 aliphatic heterocycles. The molecular weight excluding hydrogens is 348 g/mol. The number of nitrogens with zero attached hydrogens (tertiary/aromatic N) is 1. The van der Waals surface area contributed by atoms with E-state index >= 15 is 0 Å². The van der Waals surface area contributed by atoms with E-state index in [2.05, 4.69) is 21.2 Å². The van der Waals surface area contributed by atoms with E-state index in [0.717, 1.165) is 28.4 Å². The molecule has 0 aromatic heterocycles. The van der Waals surface area contributed by atoms with Crippen LogP contribution in [-0.2, 0) is 21.5 Å². The number of piperidine rings is 1. The molecule has 2 aliphatic rings. The Morgan fingerprint density at radius 1 is 1.41 bits per heavy atom. The Morgan fingerprint density at radius 3 is 2.86 bits per heavy atom. The third-order valence-corrected chi connectivity index (χ3v) is 5.13. The van der Waals surface area contributed by atoms with Crippen LogP contribution in [0.4, 0.5) is 0 Å². The van der Waals surface area contributed by atoms with Crippen LogP contribution >= 0.6 is 15.9 Å². The van der Waals surface area contributed by atoms with Gasteiger partial charge in [-0.2, -0.15) is 0 Å². The summed E-state index contributed by atoms with van der Waals surface area (Å²) in [6, 6.07) is 5.49. The number of hydrogen-bond acceptors (Lipinski definition) is 4. The minimum Gasteiger partial charge on any atom is -0.330 e. The fraction of sp³-hybridized carbons (Fsp3) is 0.438. The number of alkyl halides is 1. The molecular formula is C16H17BrN2O3. The van der Waals surface area contributed by atoms with Crippen LogP contribution in [0.15, 0.2) is 18.2 Å². The van der Waals surface area contributed by atoms with E-state index < -0.39 is 11.8 Å². The van der Waals surface area contributed by atoms with Gasteiger partial charge in [0.2, 0.25) is 5.78 Å². The third kappa shape index (κ3) is 2.61. The van der Waals surface area contributed by atoms with Gasteiger partial charge in [0.15, 0.2) is 6.29 Å². The Labute approximate surface area is 137 Å². The summed E-state index contributed by atoms with van der Waals surface area (Å²) in [6.07, 6.45) is 1.70. The van der Waals surface area contributed by atoms with Gasteiger partial charge in [-0.1, -0.05) is 28.1 Å². The molecule has 0 radical (unpaired) electrons. The Balaban J connectivity index is 1.72. The van der Waals surface area contributed by atoms with Gasteiger partial charge < -0.3 is 10.2 Å². The Kier molecular flexibility index (Phi) is 4.40. The number of carbonyl (C=O) groups is 3. The molecule has 5 nitrogen and oxygen atoms in total. The van der Waals surface area contributed by atoms with Crippen LogP contribution in [0.5, 0.6) is 0 Å². The van der Waals surface area contributed by atoms with Gasteiger partial charge >= 0.3 is 0 Å². The Morgan fingerprint density at radius 2 is 2.23 bits per heavy atom. The van der Waals surface area contributed by atoms with Crippen LogP contribution in [0.25, 0.3) is 0 Å². The predicted molar refractivity (Wildman–Crippen MR) is 84.8 cm³/mol. The molecule has 1 N–H and O–H groups in total. The summed E-state index contributed by atoms with van der Waals surface area (Å²) < 4.78 is 0. The maximum atomic E-state index is 12.6. The van der Waals surface area contributed by atoms with Crippen LogP contribution in [0, 0.1) is 0 Å². The van der Waals surface area contributed by atoms with Crippen LogP contribution in [0.2, 0.25) is 0 Å². The number of benzene rings is 1. The van der Waals surface area contributed by atoms with Crippen molar-refractivity contribution in [3.63, 3.8) is 0 Å². The second-order valence-electron chi connectivity index (χ2n) is 5.72. The molecule has 2 atom stereocenters. The fourth-order valence-electron chi connectivity index (χ4n) is 3.27. The quantitative estimate of drug-likeness (QED) is 0.498. The van der Waals surface area contributed by atoms with E-state index in [-0.39, 0.29) is 11.9 Å². The number of Topliss-reactive ketones (excluding diaryl/α,β-unsaturated/α-hetero) is 1. The van der Waals surface area contributed by atoms with Crippen molar-refractivity contribution in [3.05, 3.63) is 34.9 Å². The molecule has 3 rings (SSSR count). The van der Waals surface area contributed by atoms with Crippen LogP contribution in [0.1, 0.15) is 34.3 Å². The van der Waals surface area contributed by atoms with E-state index in [4.69, 9.17) is 0 Å². The summed E-state index contributed by atoms with van der Waals surface area (Å²) in [6.45, 7) is 1.17. The summed E-state index contributed by atoms with van der Waals surface area (Å²) in [4.78, 5) is 36.4. The number of hydrogen-bond donors (Lipinski definition) is 1. The van der Waals surface area contributed by atoms with Crippen molar-refractivity contribution >= 4 is 33.9 Å². The largest absolute Gasteiger partial charge is 0.330 e. The van der Waals surface area contributed by atoms with E-state index in [0.29, 0.717) is 25.8 Å². The summed E-state index contributed by atoms with van der Waals surface area (Å²) in [7, 11) is 0. The summed E-state index contributed by atoms with van der Waals surface area (Å²) in [5, 5.41) is 3.82. The second-order valence-corrected chi connectivity index (χ2v) is 6.28. The zero-order valence-corrected chi connectivity index (χ0v) is 13.6. The molecule has 0 spiro atoms. The lowest BCUT2D eigenvalue weighted by molar-refractivity contribution is -0.131. The highest BCUT2D eigenvalue weighted by molar-refractivity contribution is 9.08. The molecule has 0 aliphatic carbocycles. The molecule has 0 bridgehead atoms. The average Bonchev–Trinajstić information content (AvgIpc) is 2.91. The molecule has 1 saturated heterocycles. The number of amides is 1. The first kappa shape index (κ1) is 15.4. The lowest BCUT2D eigenvalue weighted by Gasteiger charge is -2.34. The fourth-order valence-corrected chi connectivity index (χ4v) is 3.80. The molecule has 1 aromatic carbocycles. The number of nitrogens with one attached hydrogen (secondary N) is 1. The van der Waals surface area contributed by atoms with Crippen LogP contribution < -0.4 is 5.32 Å². The summed E-state index contributed by atoms with van der Waals surface area (Å²) in [5.74, 6) is -0.346. The first-order chi connectivity index (χ1) is 10.7. The maximum absolute atomic E-state index is 12.6. The predicted octanol–water partition coefficient (Wildman–Crippen LogP) is 1.43. The lowest BCUT2D eigenvalue weighted by Crippen LogP contribution is -2.52. The molecule has 6 heteroatoms. The Bertz CT molecular complexity index is 624. The lowest BCUT2D eigenvalue weighted by atomic mass is 9.97. The van der Waals surface area contributed by atoms with Crippen molar-refractivity contribution in [2.24, 2.45) is 0 Å². The molecule has 116 valence electrons. The highest BCUT2D eigenvalue weighted by Crippen LogP contribution is 2.30. The van der Waals surface area contributed by atoms with Gasteiger partial charge in [0.25, 0.3) is 5.91 Å². The number of aldehydes is 1. The maximum Gasteiger partial charge on any atom is 0.254 e. The van der Waals surface area contributed by atoms with Crippen LogP contribution in [-0.4, -0.2) is 41.5 Å². The van der Waals surface area contributed by atoms with Crippen molar-refractivity contribution < 1.29 is 14.4 Å². The number of rotatable bonds is 4. The zero-order valence-electron chi connectivity index (χ0n) is 12.0. The second kappa shape index (κ2) is 6.30. The van der Waals surface area contributed by atoms with Crippen molar-refractivity contribution in [1.82, 2.24) is 10.2 Å². The molecule has 2 unspecified atom stereocenters. The standard InChI is InChI=1S/C16H17BrN2O3/c17-6-10-2-1-3-12-13(10)8-19(16(12)22)11-4-5-14(18-7-11)15(21)9-20/h1-3,9,11,14,18H,4-8H2. The van der Waals surface area contributed by atoms with Gasteiger partial charge in [0.05, 0.1) is 6.04 Å². The molecule has 1 amide bonds. The highest BCUT2D eigenvalue weighted by atomic mass is 79.9. The van der Waals surface area contributed by atoms with Gasteiger partial charge in [-0.15, -0.1) is 0 Å². The minimum atomic E-state index is -0.406. The third-order valence-electron chi connectivity index (χ3n) is 4.53. The van der Waals surface area contributed by atoms with E-state index in [1.807, 2.05) is 23.1 Å². The van der Waals surface area contributed by atoms with E-state index in [9.17, 15) is 14.4 Å². The number of ketones is 1. The summed E-state index contributed by atoms with van der Waals surface area (Å²) >= 11 is 3.47. The van der Waals surface area contributed by atoms with Crippen molar-refractivity contribution in [3.8, 4) is 0 Å². The van der Waals surface area contributed by atoms with Gasteiger partial charge in [0.1, 0.15) is 0 Å². The smallest absolute Gasteiger partial charge is 0.254 e. The summed E-state index contributed by atoms with van der Waals surface area (Å²) in [5.41, 5.74) is 3.02. The molecule has 1 fully saturated rings. The van der Waals surface area contributed by atoms with Gasteiger partial charge in [0, 0.05) is 30.0 Å². The first-order valence-corrected chi connectivity index (χ1v) is 8.48. The minimum absolute atomic E-state index is 0.0600. The molecule has 0 saturated carbocycles. The molecule has 22 heavy (non-hydrogen) atoms. The van der Waals surface area contributed by atoms with Crippen molar-refractivity contribution in [2.45, 2.75) is 36.8 Å².